The normalized spacial score (nSPS) is 15.7. The summed E-state index contributed by atoms with van der Waals surface area (Å²) < 4.78 is 39.7. The van der Waals surface area contributed by atoms with Gasteiger partial charge in [0.2, 0.25) is 0 Å². The molecule has 1 aromatic carbocycles. The van der Waals surface area contributed by atoms with Gasteiger partial charge in [0.15, 0.2) is 0 Å². The van der Waals surface area contributed by atoms with Crippen molar-refractivity contribution in [2.45, 2.75) is 6.18 Å². The van der Waals surface area contributed by atoms with E-state index in [9.17, 15) is 18.0 Å². The lowest BCUT2D eigenvalue weighted by Crippen LogP contribution is -2.44. The zero-order valence-electron chi connectivity index (χ0n) is 11.5. The smallest absolute Gasteiger partial charge is 0.368 e. The number of hydrogen-bond donors (Lipinski definition) is 3. The van der Waals surface area contributed by atoms with E-state index in [2.05, 4.69) is 16.0 Å². The van der Waals surface area contributed by atoms with Gasteiger partial charge in [-0.2, -0.15) is 13.2 Å². The molecule has 2 rings (SSSR count). The fourth-order valence-electron chi connectivity index (χ4n) is 2.22. The zero-order valence-corrected chi connectivity index (χ0v) is 11.5. The highest BCUT2D eigenvalue weighted by molar-refractivity contribution is 5.89. The highest BCUT2D eigenvalue weighted by atomic mass is 19.4. The number of carbonyl (C=O) groups is 1. The van der Waals surface area contributed by atoms with Gasteiger partial charge in [0, 0.05) is 44.6 Å². The third-order valence-electron chi connectivity index (χ3n) is 3.24. The summed E-state index contributed by atoms with van der Waals surface area (Å²) in [5, 5.41) is 7.75. The molecule has 1 aliphatic rings. The van der Waals surface area contributed by atoms with Gasteiger partial charge in [-0.25, -0.2) is 4.79 Å². The van der Waals surface area contributed by atoms with E-state index in [1.165, 1.54) is 19.2 Å². The summed E-state index contributed by atoms with van der Waals surface area (Å²) in [6.45, 7) is 2.34. The van der Waals surface area contributed by atoms with E-state index >= 15 is 0 Å². The monoisotopic (exact) mass is 302 g/mol. The second kappa shape index (κ2) is 6.21. The Labute approximate surface area is 120 Å². The van der Waals surface area contributed by atoms with Crippen LogP contribution < -0.4 is 20.9 Å². The van der Waals surface area contributed by atoms with Crippen molar-refractivity contribution in [2.24, 2.45) is 0 Å². The van der Waals surface area contributed by atoms with Gasteiger partial charge in [0.25, 0.3) is 0 Å². The lowest BCUT2D eigenvalue weighted by molar-refractivity contribution is -0.137. The first-order chi connectivity index (χ1) is 9.91. The SMILES string of the molecule is CNC(=O)Nc1ccc(N2CCNCC2)c(C(F)(F)F)c1. The fraction of sp³-hybridized carbons (Fsp3) is 0.462. The first-order valence-electron chi connectivity index (χ1n) is 6.57. The van der Waals surface area contributed by atoms with Crippen LogP contribution in [0.15, 0.2) is 18.2 Å². The van der Waals surface area contributed by atoms with E-state index < -0.39 is 17.8 Å². The maximum atomic E-state index is 13.2. The van der Waals surface area contributed by atoms with Crippen molar-refractivity contribution in [1.82, 2.24) is 10.6 Å². The number of alkyl halides is 3. The van der Waals surface area contributed by atoms with Gasteiger partial charge in [0.05, 0.1) is 5.56 Å². The number of hydrogen-bond acceptors (Lipinski definition) is 3. The Morgan fingerprint density at radius 1 is 1.29 bits per heavy atom. The van der Waals surface area contributed by atoms with Crippen LogP contribution in [0.4, 0.5) is 29.3 Å². The van der Waals surface area contributed by atoms with E-state index in [0.29, 0.717) is 26.2 Å². The number of halogens is 3. The molecule has 0 spiro atoms. The second-order valence-corrected chi connectivity index (χ2v) is 4.67. The second-order valence-electron chi connectivity index (χ2n) is 4.67. The number of benzene rings is 1. The molecule has 1 fully saturated rings. The molecule has 0 bridgehead atoms. The molecule has 1 aromatic rings. The Bertz CT molecular complexity index is 513. The molecule has 5 nitrogen and oxygen atoms in total. The number of nitrogens with one attached hydrogen (secondary N) is 3. The molecular weight excluding hydrogens is 285 g/mol. The van der Waals surface area contributed by atoms with Crippen molar-refractivity contribution in [1.29, 1.82) is 0 Å². The van der Waals surface area contributed by atoms with Gasteiger partial charge in [-0.05, 0) is 18.2 Å². The maximum Gasteiger partial charge on any atom is 0.418 e. The van der Waals surface area contributed by atoms with Crippen LogP contribution in [0.2, 0.25) is 0 Å². The number of urea groups is 1. The van der Waals surface area contributed by atoms with E-state index in [4.69, 9.17) is 0 Å². The Morgan fingerprint density at radius 3 is 2.52 bits per heavy atom. The lowest BCUT2D eigenvalue weighted by atomic mass is 10.1. The van der Waals surface area contributed by atoms with Crippen LogP contribution in [0.5, 0.6) is 0 Å². The first kappa shape index (κ1) is 15.4. The number of rotatable bonds is 2. The molecule has 2 amide bonds. The molecule has 0 radical (unpaired) electrons. The van der Waals surface area contributed by atoms with Crippen LogP contribution in [0.3, 0.4) is 0 Å². The van der Waals surface area contributed by atoms with Crippen LogP contribution in [0.1, 0.15) is 5.56 Å². The van der Waals surface area contributed by atoms with E-state index in [-0.39, 0.29) is 11.4 Å². The Morgan fingerprint density at radius 2 is 1.95 bits per heavy atom. The van der Waals surface area contributed by atoms with E-state index in [1.54, 1.807) is 4.90 Å². The summed E-state index contributed by atoms with van der Waals surface area (Å²) in [6, 6.07) is 3.28. The third kappa shape index (κ3) is 3.78. The molecule has 1 heterocycles. The van der Waals surface area contributed by atoms with E-state index in [1.807, 2.05) is 0 Å². The van der Waals surface area contributed by atoms with Crippen LogP contribution in [0.25, 0.3) is 0 Å². The quantitative estimate of drug-likeness (QED) is 0.782. The largest absolute Gasteiger partial charge is 0.418 e. The lowest BCUT2D eigenvalue weighted by Gasteiger charge is -2.31. The molecule has 0 atom stereocenters. The zero-order chi connectivity index (χ0) is 15.5. The standard InChI is InChI=1S/C13H17F3N4O/c1-17-12(21)19-9-2-3-11(10(8-9)13(14,15)16)20-6-4-18-5-7-20/h2-3,8,18H,4-7H2,1H3,(H2,17,19,21). The molecule has 3 N–H and O–H groups in total. The van der Waals surface area contributed by atoms with Gasteiger partial charge in [-0.1, -0.05) is 0 Å². The summed E-state index contributed by atoms with van der Waals surface area (Å²) in [5.41, 5.74) is -0.481. The summed E-state index contributed by atoms with van der Waals surface area (Å²) in [6.07, 6.45) is -4.47. The summed E-state index contributed by atoms with van der Waals surface area (Å²) in [5.74, 6) is 0. The van der Waals surface area contributed by atoms with Gasteiger partial charge in [0.1, 0.15) is 0 Å². The number of amides is 2. The maximum absolute atomic E-state index is 13.2. The van der Waals surface area contributed by atoms with Crippen molar-refractivity contribution in [3.05, 3.63) is 23.8 Å². The van der Waals surface area contributed by atoms with Gasteiger partial charge in [-0.3, -0.25) is 0 Å². The average Bonchev–Trinajstić information content (AvgIpc) is 2.47. The number of carbonyl (C=O) groups excluding carboxylic acids is 1. The first-order valence-corrected chi connectivity index (χ1v) is 6.57. The Hall–Kier alpha value is -1.96. The predicted octanol–water partition coefficient (Wildman–Crippen LogP) is 1.87. The molecule has 1 saturated heterocycles. The highest BCUT2D eigenvalue weighted by Crippen LogP contribution is 2.38. The molecular formula is C13H17F3N4O. The molecule has 1 aliphatic heterocycles. The fourth-order valence-corrected chi connectivity index (χ4v) is 2.22. The third-order valence-corrected chi connectivity index (χ3v) is 3.24. The van der Waals surface area contributed by atoms with Crippen LogP contribution >= 0.6 is 0 Å². The van der Waals surface area contributed by atoms with Gasteiger partial charge in [-0.15, -0.1) is 0 Å². The van der Waals surface area contributed by atoms with E-state index in [0.717, 1.165) is 6.07 Å². The van der Waals surface area contributed by atoms with Crippen molar-refractivity contribution in [3.63, 3.8) is 0 Å². The summed E-state index contributed by atoms with van der Waals surface area (Å²) >= 11 is 0. The number of nitrogens with zero attached hydrogens (tertiary/aromatic N) is 1. The molecule has 0 aromatic heterocycles. The summed E-state index contributed by atoms with van der Waals surface area (Å²) in [7, 11) is 1.40. The van der Waals surface area contributed by atoms with Crippen LogP contribution in [-0.2, 0) is 6.18 Å². The van der Waals surface area contributed by atoms with Crippen molar-refractivity contribution >= 4 is 17.4 Å². The summed E-state index contributed by atoms with van der Waals surface area (Å²) in [4.78, 5) is 12.9. The molecule has 0 aliphatic carbocycles. The van der Waals surface area contributed by atoms with Crippen molar-refractivity contribution in [3.8, 4) is 0 Å². The predicted molar refractivity (Wildman–Crippen MR) is 74.6 cm³/mol. The van der Waals surface area contributed by atoms with Crippen LogP contribution in [-0.4, -0.2) is 39.3 Å². The highest BCUT2D eigenvalue weighted by Gasteiger charge is 2.35. The Balaban J connectivity index is 2.33. The van der Waals surface area contributed by atoms with Crippen molar-refractivity contribution in [2.75, 3.05) is 43.4 Å². The Kier molecular flexibility index (Phi) is 4.56. The minimum Gasteiger partial charge on any atom is -0.368 e. The number of anilines is 2. The average molecular weight is 302 g/mol. The van der Waals surface area contributed by atoms with Gasteiger partial charge < -0.3 is 20.9 Å². The molecule has 8 heteroatoms. The van der Waals surface area contributed by atoms with Gasteiger partial charge >= 0.3 is 12.2 Å². The minimum absolute atomic E-state index is 0.112. The minimum atomic E-state index is -4.47. The molecule has 0 unspecified atom stereocenters. The van der Waals surface area contributed by atoms with Crippen molar-refractivity contribution < 1.29 is 18.0 Å². The van der Waals surface area contributed by atoms with Crippen LogP contribution in [0, 0.1) is 0 Å². The topological polar surface area (TPSA) is 56.4 Å². The molecule has 21 heavy (non-hydrogen) atoms. The molecule has 116 valence electrons. The number of piperazine rings is 1. The molecule has 0 saturated carbocycles.